The second-order valence-electron chi connectivity index (χ2n) is 5.84. The highest BCUT2D eigenvalue weighted by molar-refractivity contribution is 9.10. The topological polar surface area (TPSA) is 37.0 Å². The zero-order chi connectivity index (χ0) is 15.4. The standard InChI is InChI=1S/C17H21BrFN3/c18-15-4-3-13(17-14(15)2-1-7-22-17)10-21-11-16(19)12-5-8-20-9-6-12/h1-4,7,12,16,20-21H,5-6,8-11H2. The van der Waals surface area contributed by atoms with Crippen LogP contribution in [0.3, 0.4) is 0 Å². The molecule has 1 aliphatic rings. The Morgan fingerprint density at radius 3 is 2.95 bits per heavy atom. The molecule has 118 valence electrons. The molecular formula is C17H21BrFN3. The summed E-state index contributed by atoms with van der Waals surface area (Å²) in [4.78, 5) is 4.46. The van der Waals surface area contributed by atoms with Gasteiger partial charge in [-0.2, -0.15) is 0 Å². The van der Waals surface area contributed by atoms with Crippen LogP contribution in [0.25, 0.3) is 10.9 Å². The molecule has 1 saturated heterocycles. The Kier molecular flexibility index (Phi) is 5.39. The number of nitrogens with one attached hydrogen (secondary N) is 2. The lowest BCUT2D eigenvalue weighted by molar-refractivity contribution is 0.183. The third kappa shape index (κ3) is 3.65. The van der Waals surface area contributed by atoms with Crippen LogP contribution in [0.15, 0.2) is 34.9 Å². The van der Waals surface area contributed by atoms with Crippen LogP contribution in [0.1, 0.15) is 18.4 Å². The summed E-state index contributed by atoms with van der Waals surface area (Å²) in [5.74, 6) is 0.188. The molecule has 0 radical (unpaired) electrons. The van der Waals surface area contributed by atoms with Gasteiger partial charge in [0.05, 0.1) is 5.52 Å². The van der Waals surface area contributed by atoms with Gasteiger partial charge in [-0.25, -0.2) is 4.39 Å². The molecule has 0 saturated carbocycles. The highest BCUT2D eigenvalue weighted by Crippen LogP contribution is 2.25. The van der Waals surface area contributed by atoms with Crippen LogP contribution in [0.2, 0.25) is 0 Å². The molecule has 1 aromatic heterocycles. The molecule has 1 unspecified atom stereocenters. The molecule has 2 heterocycles. The molecule has 0 spiro atoms. The molecule has 0 bridgehead atoms. The fourth-order valence-electron chi connectivity index (χ4n) is 3.06. The first-order valence-electron chi connectivity index (χ1n) is 7.83. The van der Waals surface area contributed by atoms with E-state index in [4.69, 9.17) is 0 Å². The highest BCUT2D eigenvalue weighted by atomic mass is 79.9. The maximum atomic E-state index is 14.3. The molecule has 3 rings (SSSR count). The molecule has 0 amide bonds. The van der Waals surface area contributed by atoms with Crippen LogP contribution in [0.5, 0.6) is 0 Å². The maximum absolute atomic E-state index is 14.3. The molecule has 0 aliphatic carbocycles. The van der Waals surface area contributed by atoms with Crippen molar-refractivity contribution in [3.63, 3.8) is 0 Å². The number of fused-ring (bicyclic) bond motifs is 1. The van der Waals surface area contributed by atoms with Crippen LogP contribution in [0, 0.1) is 5.92 Å². The van der Waals surface area contributed by atoms with Crippen molar-refractivity contribution < 1.29 is 4.39 Å². The van der Waals surface area contributed by atoms with Gasteiger partial charge >= 0.3 is 0 Å². The zero-order valence-corrected chi connectivity index (χ0v) is 14.1. The van der Waals surface area contributed by atoms with Crippen LogP contribution >= 0.6 is 15.9 Å². The number of rotatable bonds is 5. The molecule has 3 nitrogen and oxygen atoms in total. The molecule has 1 aliphatic heterocycles. The summed E-state index contributed by atoms with van der Waals surface area (Å²) in [6, 6.07) is 8.05. The minimum absolute atomic E-state index is 0.188. The summed E-state index contributed by atoms with van der Waals surface area (Å²) >= 11 is 3.55. The number of hydrogen-bond donors (Lipinski definition) is 2. The molecule has 2 N–H and O–H groups in total. The number of piperidine rings is 1. The van der Waals surface area contributed by atoms with E-state index >= 15 is 0 Å². The quantitative estimate of drug-likeness (QED) is 0.852. The summed E-state index contributed by atoms with van der Waals surface area (Å²) in [6.45, 7) is 2.93. The minimum atomic E-state index is -0.767. The van der Waals surface area contributed by atoms with Crippen molar-refractivity contribution in [2.45, 2.75) is 25.6 Å². The van der Waals surface area contributed by atoms with Crippen molar-refractivity contribution in [1.82, 2.24) is 15.6 Å². The lowest BCUT2D eigenvalue weighted by Crippen LogP contribution is -2.37. The Morgan fingerprint density at radius 2 is 2.14 bits per heavy atom. The van der Waals surface area contributed by atoms with Gasteiger partial charge in [-0.1, -0.05) is 28.1 Å². The molecule has 1 fully saturated rings. The lowest BCUT2D eigenvalue weighted by Gasteiger charge is -2.26. The van der Waals surface area contributed by atoms with E-state index in [-0.39, 0.29) is 5.92 Å². The van der Waals surface area contributed by atoms with E-state index in [0.717, 1.165) is 46.9 Å². The molecule has 22 heavy (non-hydrogen) atoms. The van der Waals surface area contributed by atoms with Gasteiger partial charge in [0.15, 0.2) is 0 Å². The molecule has 5 heteroatoms. The maximum Gasteiger partial charge on any atom is 0.115 e. The highest BCUT2D eigenvalue weighted by Gasteiger charge is 2.22. The average Bonchev–Trinajstić information content (AvgIpc) is 2.58. The minimum Gasteiger partial charge on any atom is -0.317 e. The summed E-state index contributed by atoms with van der Waals surface area (Å²) < 4.78 is 15.3. The van der Waals surface area contributed by atoms with E-state index in [2.05, 4.69) is 31.5 Å². The Hall–Kier alpha value is -1.04. The number of hydrogen-bond acceptors (Lipinski definition) is 3. The van der Waals surface area contributed by atoms with E-state index in [1.807, 2.05) is 24.3 Å². The first-order chi connectivity index (χ1) is 10.8. The van der Waals surface area contributed by atoms with Gasteiger partial charge in [0.25, 0.3) is 0 Å². The van der Waals surface area contributed by atoms with Crippen molar-refractivity contribution in [3.05, 3.63) is 40.5 Å². The van der Waals surface area contributed by atoms with E-state index < -0.39 is 6.17 Å². The van der Waals surface area contributed by atoms with E-state index in [9.17, 15) is 4.39 Å². The normalized spacial score (nSPS) is 17.7. The summed E-state index contributed by atoms with van der Waals surface area (Å²) in [7, 11) is 0. The van der Waals surface area contributed by atoms with Gasteiger partial charge in [0, 0.05) is 29.1 Å². The number of nitrogens with zero attached hydrogens (tertiary/aromatic N) is 1. The average molecular weight is 366 g/mol. The molecule has 1 atom stereocenters. The summed E-state index contributed by atoms with van der Waals surface area (Å²) in [5, 5.41) is 7.63. The van der Waals surface area contributed by atoms with Gasteiger partial charge in [0.2, 0.25) is 0 Å². The van der Waals surface area contributed by atoms with Crippen molar-refractivity contribution in [2.24, 2.45) is 5.92 Å². The predicted octanol–water partition coefficient (Wildman–Crippen LogP) is 3.42. The Bertz CT molecular complexity index is 628. The second kappa shape index (κ2) is 7.49. The lowest BCUT2D eigenvalue weighted by atomic mass is 9.93. The smallest absolute Gasteiger partial charge is 0.115 e. The Balaban J connectivity index is 1.61. The van der Waals surface area contributed by atoms with Crippen molar-refractivity contribution in [1.29, 1.82) is 0 Å². The number of halogens is 2. The van der Waals surface area contributed by atoms with Gasteiger partial charge < -0.3 is 10.6 Å². The van der Waals surface area contributed by atoms with Gasteiger partial charge in [-0.3, -0.25) is 4.98 Å². The van der Waals surface area contributed by atoms with Gasteiger partial charge in [-0.15, -0.1) is 0 Å². The SMILES string of the molecule is FC(CNCc1ccc(Br)c2cccnc12)C1CCNCC1. The summed E-state index contributed by atoms with van der Waals surface area (Å²) in [6.07, 6.45) is 2.90. The zero-order valence-electron chi connectivity index (χ0n) is 12.5. The first-order valence-corrected chi connectivity index (χ1v) is 8.62. The third-order valence-corrected chi connectivity index (χ3v) is 5.04. The van der Waals surface area contributed by atoms with Crippen molar-refractivity contribution >= 4 is 26.8 Å². The number of pyridine rings is 1. The Labute approximate surface area is 138 Å². The van der Waals surface area contributed by atoms with Crippen LogP contribution in [-0.2, 0) is 6.54 Å². The number of benzene rings is 1. The van der Waals surface area contributed by atoms with Crippen LogP contribution < -0.4 is 10.6 Å². The summed E-state index contributed by atoms with van der Waals surface area (Å²) in [5.41, 5.74) is 2.08. The van der Waals surface area contributed by atoms with Gasteiger partial charge in [-0.05, 0) is 49.5 Å². The predicted molar refractivity (Wildman–Crippen MR) is 91.6 cm³/mol. The van der Waals surface area contributed by atoms with Gasteiger partial charge in [0.1, 0.15) is 6.17 Å². The molecule has 1 aromatic carbocycles. The fraction of sp³-hybridized carbons (Fsp3) is 0.471. The molecule has 2 aromatic rings. The largest absolute Gasteiger partial charge is 0.317 e. The monoisotopic (exact) mass is 365 g/mol. The van der Waals surface area contributed by atoms with Crippen molar-refractivity contribution in [3.8, 4) is 0 Å². The van der Waals surface area contributed by atoms with Crippen LogP contribution in [0.4, 0.5) is 4.39 Å². The fourth-order valence-corrected chi connectivity index (χ4v) is 3.51. The third-order valence-electron chi connectivity index (χ3n) is 4.35. The van der Waals surface area contributed by atoms with E-state index in [1.165, 1.54) is 0 Å². The number of alkyl halides is 1. The number of aromatic nitrogens is 1. The van der Waals surface area contributed by atoms with Crippen LogP contribution in [-0.4, -0.2) is 30.8 Å². The second-order valence-corrected chi connectivity index (χ2v) is 6.69. The van der Waals surface area contributed by atoms with Crippen molar-refractivity contribution in [2.75, 3.05) is 19.6 Å². The molecular weight excluding hydrogens is 345 g/mol. The van der Waals surface area contributed by atoms with E-state index in [0.29, 0.717) is 13.1 Å². The Morgan fingerprint density at radius 1 is 1.32 bits per heavy atom. The van der Waals surface area contributed by atoms with E-state index in [1.54, 1.807) is 6.20 Å². The first kappa shape index (κ1) is 15.8.